The largest absolute Gasteiger partial charge is 0.340 e. The fraction of sp³-hybridized carbons (Fsp3) is 0.355. The highest BCUT2D eigenvalue weighted by Gasteiger charge is 2.27. The van der Waals surface area contributed by atoms with Crippen LogP contribution in [0.1, 0.15) is 36.0 Å². The van der Waals surface area contributed by atoms with Crippen molar-refractivity contribution >= 4 is 11.8 Å². The van der Waals surface area contributed by atoms with Crippen LogP contribution in [0.15, 0.2) is 84.9 Å². The third-order valence-electron chi connectivity index (χ3n) is 7.12. The fourth-order valence-corrected chi connectivity index (χ4v) is 4.90. The number of hydrogen-bond donors (Lipinski definition) is 0. The maximum atomic E-state index is 13.4. The molecule has 1 heterocycles. The molecule has 0 N–H and O–H groups in total. The number of hydrogen-bond acceptors (Lipinski definition) is 3. The number of carbonyl (C=O) groups is 2. The Kier molecular flexibility index (Phi) is 9.44. The Morgan fingerprint density at radius 1 is 0.838 bits per heavy atom. The van der Waals surface area contributed by atoms with Gasteiger partial charge < -0.3 is 9.80 Å². The van der Waals surface area contributed by atoms with Crippen molar-refractivity contribution in [2.24, 2.45) is 0 Å². The van der Waals surface area contributed by atoms with Gasteiger partial charge in [0.1, 0.15) is 5.82 Å². The summed E-state index contributed by atoms with van der Waals surface area (Å²) in [6, 6.07) is 26.1. The summed E-state index contributed by atoms with van der Waals surface area (Å²) in [6.07, 6.45) is 1.12. The Hall–Kier alpha value is -3.51. The van der Waals surface area contributed by atoms with E-state index < -0.39 is 0 Å². The summed E-state index contributed by atoms with van der Waals surface area (Å²) in [7, 11) is 0. The van der Waals surface area contributed by atoms with Gasteiger partial charge in [-0.1, -0.05) is 79.7 Å². The number of carbonyl (C=O) groups excluding carboxylic acids is 2. The van der Waals surface area contributed by atoms with Crippen LogP contribution in [0, 0.1) is 5.82 Å². The van der Waals surface area contributed by atoms with Crippen molar-refractivity contribution in [1.82, 2.24) is 14.7 Å². The lowest BCUT2D eigenvalue weighted by Crippen LogP contribution is -2.51. The molecular formula is C31H36FN3O2. The monoisotopic (exact) mass is 501 g/mol. The molecular weight excluding hydrogens is 465 g/mol. The molecule has 194 valence electrons. The lowest BCUT2D eigenvalue weighted by molar-refractivity contribution is -0.134. The maximum absolute atomic E-state index is 13.4. The van der Waals surface area contributed by atoms with Gasteiger partial charge in [0, 0.05) is 45.8 Å². The molecule has 0 spiro atoms. The third-order valence-corrected chi connectivity index (χ3v) is 7.12. The van der Waals surface area contributed by atoms with Crippen LogP contribution in [0.25, 0.3) is 0 Å². The molecule has 1 atom stereocenters. The SMILES string of the molecule is CCC(C(=O)N1CCN(CCN(Cc2ccc(F)cc2)C(=O)Cc2ccccc2)CC1)c1ccccc1. The highest BCUT2D eigenvalue weighted by atomic mass is 19.1. The van der Waals surface area contributed by atoms with Crippen molar-refractivity contribution in [1.29, 1.82) is 0 Å². The van der Waals surface area contributed by atoms with Crippen LogP contribution in [-0.4, -0.2) is 65.8 Å². The van der Waals surface area contributed by atoms with Gasteiger partial charge in [-0.3, -0.25) is 14.5 Å². The van der Waals surface area contributed by atoms with Crippen LogP contribution in [-0.2, 0) is 22.6 Å². The van der Waals surface area contributed by atoms with Gasteiger partial charge in [-0.05, 0) is 35.2 Å². The summed E-state index contributed by atoms with van der Waals surface area (Å²) in [6.45, 7) is 6.78. The Labute approximate surface area is 219 Å². The van der Waals surface area contributed by atoms with E-state index in [4.69, 9.17) is 0 Å². The number of amides is 2. The van der Waals surface area contributed by atoms with Crippen molar-refractivity contribution in [2.75, 3.05) is 39.3 Å². The summed E-state index contributed by atoms with van der Waals surface area (Å²) < 4.78 is 13.4. The van der Waals surface area contributed by atoms with Crippen molar-refractivity contribution in [3.05, 3.63) is 107 Å². The summed E-state index contributed by atoms with van der Waals surface area (Å²) in [5, 5.41) is 0. The van der Waals surface area contributed by atoms with E-state index >= 15 is 0 Å². The zero-order valence-corrected chi connectivity index (χ0v) is 21.6. The first-order valence-corrected chi connectivity index (χ1v) is 13.2. The molecule has 0 saturated carbocycles. The van der Waals surface area contributed by atoms with Gasteiger partial charge in [-0.2, -0.15) is 0 Å². The van der Waals surface area contributed by atoms with E-state index in [-0.39, 0.29) is 23.5 Å². The van der Waals surface area contributed by atoms with E-state index in [1.807, 2.05) is 70.5 Å². The van der Waals surface area contributed by atoms with Gasteiger partial charge in [0.15, 0.2) is 0 Å². The Bertz CT molecular complexity index is 1130. The first-order chi connectivity index (χ1) is 18.0. The Balaban J connectivity index is 1.33. The summed E-state index contributed by atoms with van der Waals surface area (Å²) in [5.41, 5.74) is 2.96. The highest BCUT2D eigenvalue weighted by molar-refractivity contribution is 5.83. The van der Waals surface area contributed by atoms with Crippen molar-refractivity contribution in [2.45, 2.75) is 32.2 Å². The van der Waals surface area contributed by atoms with E-state index in [9.17, 15) is 14.0 Å². The number of nitrogens with zero attached hydrogens (tertiary/aromatic N) is 3. The highest BCUT2D eigenvalue weighted by Crippen LogP contribution is 2.23. The van der Waals surface area contributed by atoms with Crippen LogP contribution in [0.2, 0.25) is 0 Å². The first-order valence-electron chi connectivity index (χ1n) is 13.2. The van der Waals surface area contributed by atoms with Gasteiger partial charge in [0.2, 0.25) is 11.8 Å². The lowest BCUT2D eigenvalue weighted by atomic mass is 9.95. The Morgan fingerprint density at radius 3 is 2.08 bits per heavy atom. The molecule has 1 saturated heterocycles. The van der Waals surface area contributed by atoms with Gasteiger partial charge >= 0.3 is 0 Å². The standard InChI is InChI=1S/C31H36FN3O2/c1-2-29(27-11-7-4-8-12-27)31(37)34-20-17-33(18-21-34)19-22-35(24-26-13-15-28(32)16-14-26)30(36)23-25-9-5-3-6-10-25/h3-16,29H,2,17-24H2,1H3. The number of rotatable bonds is 10. The van der Waals surface area contributed by atoms with E-state index in [0.29, 0.717) is 32.6 Å². The average molecular weight is 502 g/mol. The molecule has 1 unspecified atom stereocenters. The fourth-order valence-electron chi connectivity index (χ4n) is 4.90. The second kappa shape index (κ2) is 13.2. The molecule has 0 aromatic heterocycles. The van der Waals surface area contributed by atoms with Crippen molar-refractivity contribution in [3.8, 4) is 0 Å². The minimum atomic E-state index is -0.282. The van der Waals surface area contributed by atoms with Gasteiger partial charge in [-0.15, -0.1) is 0 Å². The predicted molar refractivity (Wildman–Crippen MR) is 144 cm³/mol. The molecule has 4 rings (SSSR count). The molecule has 37 heavy (non-hydrogen) atoms. The maximum Gasteiger partial charge on any atom is 0.230 e. The predicted octanol–water partition coefficient (Wildman–Crippen LogP) is 4.74. The van der Waals surface area contributed by atoms with Crippen LogP contribution in [0.3, 0.4) is 0 Å². The normalized spacial score (nSPS) is 14.8. The number of piperazine rings is 1. The lowest BCUT2D eigenvalue weighted by Gasteiger charge is -2.37. The van der Waals surface area contributed by atoms with Crippen molar-refractivity contribution in [3.63, 3.8) is 0 Å². The zero-order valence-electron chi connectivity index (χ0n) is 21.6. The molecule has 3 aromatic rings. The molecule has 6 heteroatoms. The summed E-state index contributed by atoms with van der Waals surface area (Å²) in [5.74, 6) is -0.132. The topological polar surface area (TPSA) is 43.9 Å². The average Bonchev–Trinajstić information content (AvgIpc) is 2.94. The quantitative estimate of drug-likeness (QED) is 0.403. The molecule has 1 fully saturated rings. The van der Waals surface area contributed by atoms with E-state index in [1.165, 1.54) is 12.1 Å². The number of benzene rings is 3. The van der Waals surface area contributed by atoms with E-state index in [2.05, 4.69) is 11.8 Å². The molecule has 5 nitrogen and oxygen atoms in total. The smallest absolute Gasteiger partial charge is 0.230 e. The Morgan fingerprint density at radius 2 is 1.46 bits per heavy atom. The minimum Gasteiger partial charge on any atom is -0.340 e. The molecule has 1 aliphatic heterocycles. The molecule has 0 radical (unpaired) electrons. The van der Waals surface area contributed by atoms with Crippen LogP contribution in [0.5, 0.6) is 0 Å². The molecule has 2 amide bonds. The molecule has 0 bridgehead atoms. The zero-order chi connectivity index (χ0) is 26.0. The molecule has 3 aromatic carbocycles. The molecule has 1 aliphatic rings. The molecule has 0 aliphatic carbocycles. The van der Waals surface area contributed by atoms with Gasteiger partial charge in [0.25, 0.3) is 0 Å². The second-order valence-corrected chi connectivity index (χ2v) is 9.64. The van der Waals surface area contributed by atoms with Crippen LogP contribution >= 0.6 is 0 Å². The van der Waals surface area contributed by atoms with E-state index in [1.54, 1.807) is 12.1 Å². The van der Waals surface area contributed by atoms with Crippen LogP contribution in [0.4, 0.5) is 4.39 Å². The van der Waals surface area contributed by atoms with Crippen LogP contribution < -0.4 is 0 Å². The number of halogens is 1. The second-order valence-electron chi connectivity index (χ2n) is 9.64. The van der Waals surface area contributed by atoms with Crippen molar-refractivity contribution < 1.29 is 14.0 Å². The van der Waals surface area contributed by atoms with Gasteiger partial charge in [-0.25, -0.2) is 4.39 Å². The summed E-state index contributed by atoms with van der Waals surface area (Å²) in [4.78, 5) is 32.6. The van der Waals surface area contributed by atoms with E-state index in [0.717, 1.165) is 42.7 Å². The van der Waals surface area contributed by atoms with Gasteiger partial charge in [0.05, 0.1) is 12.3 Å². The summed E-state index contributed by atoms with van der Waals surface area (Å²) >= 11 is 0. The minimum absolute atomic E-state index is 0.0537. The first kappa shape index (κ1) is 26.6. The third kappa shape index (κ3) is 7.49.